The topological polar surface area (TPSA) is 133 Å². The second-order valence-corrected chi connectivity index (χ2v) is 15.7. The van der Waals surface area contributed by atoms with Crippen molar-refractivity contribution in [3.05, 3.63) is 89.1 Å². The second-order valence-electron chi connectivity index (χ2n) is 14.9. The fourth-order valence-electron chi connectivity index (χ4n) is 6.10. The number of ether oxygens (including phenoxy) is 2. The first-order valence-electron chi connectivity index (χ1n) is 17.5. The van der Waals surface area contributed by atoms with E-state index in [1.807, 2.05) is 37.6 Å². The third-order valence-corrected chi connectivity index (χ3v) is 9.04. The summed E-state index contributed by atoms with van der Waals surface area (Å²) in [5, 5.41) is 9.18. The summed E-state index contributed by atoms with van der Waals surface area (Å²) in [7, 11) is 0. The maximum Gasteiger partial charge on any atom is 0.433 e. The minimum Gasteiger partial charge on any atom is -0.444 e. The van der Waals surface area contributed by atoms with E-state index in [1.165, 1.54) is 12.3 Å². The fourth-order valence-corrected chi connectivity index (χ4v) is 6.75. The number of nitrogens with zero attached hydrogens (tertiary/aromatic N) is 9. The molecule has 0 spiro atoms. The van der Waals surface area contributed by atoms with E-state index in [9.17, 15) is 22.8 Å². The molecule has 0 atom stereocenters. The minimum absolute atomic E-state index is 0.258. The van der Waals surface area contributed by atoms with Crippen LogP contribution in [0.2, 0.25) is 0 Å². The van der Waals surface area contributed by atoms with Gasteiger partial charge in [-0.05, 0) is 105 Å². The molecule has 5 aromatic rings. The van der Waals surface area contributed by atoms with Crippen molar-refractivity contribution < 1.29 is 32.2 Å². The largest absolute Gasteiger partial charge is 0.444 e. The van der Waals surface area contributed by atoms with E-state index in [0.717, 1.165) is 44.3 Å². The third-order valence-electron chi connectivity index (χ3n) is 8.49. The van der Waals surface area contributed by atoms with Crippen LogP contribution >= 0.6 is 15.9 Å². The SMILES string of the molecule is CC(C)(C)OC(=O)N1CCn2nc(-c3ccc(C(F)(F)F)nc3)c(-c3ccncc3)c2C1.CC(C)(C)OC(=O)N1CCn2nc(Br)c(-c3ccncc3)c2C1. The molecule has 0 bridgehead atoms. The summed E-state index contributed by atoms with van der Waals surface area (Å²) in [5.41, 5.74) is 4.18. The van der Waals surface area contributed by atoms with Crippen LogP contribution in [-0.2, 0) is 41.8 Å². The van der Waals surface area contributed by atoms with Crippen LogP contribution in [0.3, 0.4) is 0 Å². The van der Waals surface area contributed by atoms with E-state index in [4.69, 9.17) is 9.47 Å². The van der Waals surface area contributed by atoms with Gasteiger partial charge in [-0.15, -0.1) is 0 Å². The van der Waals surface area contributed by atoms with Crippen LogP contribution in [0, 0.1) is 0 Å². The van der Waals surface area contributed by atoms with Crippen molar-refractivity contribution in [3.63, 3.8) is 0 Å². The molecule has 0 aliphatic carbocycles. The van der Waals surface area contributed by atoms with Gasteiger partial charge >= 0.3 is 18.4 Å². The molecular formula is C38H41BrF3N9O4. The highest BCUT2D eigenvalue weighted by atomic mass is 79.9. The van der Waals surface area contributed by atoms with Crippen molar-refractivity contribution in [3.8, 4) is 33.5 Å². The Hall–Kier alpha value is -5.32. The lowest BCUT2D eigenvalue weighted by atomic mass is 9.99. The first-order valence-corrected chi connectivity index (χ1v) is 18.3. The van der Waals surface area contributed by atoms with Crippen LogP contribution in [0.25, 0.3) is 33.5 Å². The zero-order valence-electron chi connectivity index (χ0n) is 31.3. The van der Waals surface area contributed by atoms with Gasteiger partial charge in [0.05, 0.1) is 37.6 Å². The number of hydrogen-bond acceptors (Lipinski definition) is 9. The molecule has 0 N–H and O–H groups in total. The molecule has 0 aromatic carbocycles. The molecule has 2 amide bonds. The molecule has 0 radical (unpaired) electrons. The minimum atomic E-state index is -4.52. The van der Waals surface area contributed by atoms with Crippen molar-refractivity contribution in [1.82, 2.24) is 44.3 Å². The van der Waals surface area contributed by atoms with Crippen LogP contribution in [-0.4, -0.2) is 80.8 Å². The van der Waals surface area contributed by atoms with Crippen molar-refractivity contribution in [1.29, 1.82) is 0 Å². The summed E-state index contributed by atoms with van der Waals surface area (Å²) >= 11 is 3.53. The Labute approximate surface area is 324 Å². The van der Waals surface area contributed by atoms with Gasteiger partial charge in [0.25, 0.3) is 0 Å². The molecule has 0 unspecified atom stereocenters. The fraction of sp³-hybridized carbons (Fsp3) is 0.395. The van der Waals surface area contributed by atoms with E-state index in [-0.39, 0.29) is 12.6 Å². The lowest BCUT2D eigenvalue weighted by molar-refractivity contribution is -0.141. The Kier molecular flexibility index (Phi) is 11.0. The summed E-state index contributed by atoms with van der Waals surface area (Å²) in [6, 6.07) is 9.78. The molecule has 13 nitrogen and oxygen atoms in total. The predicted molar refractivity (Wildman–Crippen MR) is 200 cm³/mol. The van der Waals surface area contributed by atoms with E-state index >= 15 is 0 Å². The number of halogens is 4. The number of alkyl halides is 3. The number of pyridine rings is 3. The summed E-state index contributed by atoms with van der Waals surface area (Å²) in [6.07, 6.45) is 2.69. The molecular weight excluding hydrogens is 783 g/mol. The maximum absolute atomic E-state index is 12.9. The predicted octanol–water partition coefficient (Wildman–Crippen LogP) is 8.23. The van der Waals surface area contributed by atoms with Crippen LogP contribution in [0.4, 0.5) is 22.8 Å². The molecule has 0 saturated carbocycles. The van der Waals surface area contributed by atoms with Crippen molar-refractivity contribution in [2.75, 3.05) is 13.1 Å². The van der Waals surface area contributed by atoms with Gasteiger partial charge in [-0.1, -0.05) is 0 Å². The van der Waals surface area contributed by atoms with Crippen molar-refractivity contribution in [2.24, 2.45) is 0 Å². The summed E-state index contributed by atoms with van der Waals surface area (Å²) in [5.74, 6) is 0. The van der Waals surface area contributed by atoms with Crippen LogP contribution in [0.5, 0.6) is 0 Å². The van der Waals surface area contributed by atoms with Crippen LogP contribution < -0.4 is 0 Å². The first kappa shape index (κ1) is 39.4. The Morgan fingerprint density at radius 1 is 0.655 bits per heavy atom. The van der Waals surface area contributed by atoms with Gasteiger partial charge in [-0.2, -0.15) is 23.4 Å². The molecule has 2 aliphatic heterocycles. The quantitative estimate of drug-likeness (QED) is 0.176. The average molecular weight is 825 g/mol. The summed E-state index contributed by atoms with van der Waals surface area (Å²) in [6.45, 7) is 13.8. The Morgan fingerprint density at radius 3 is 1.58 bits per heavy atom. The number of carbonyl (C=O) groups is 2. The standard InChI is InChI=1S/C22H22F3N5O2.C16H19BrN4O2/c1-21(2,3)32-20(31)29-10-11-30-16(13-29)18(14-6-8-26-9-7-14)19(28-30)15-4-5-17(27-12-15)22(23,24)25;1-16(2,3)23-15(22)20-8-9-21-12(10-20)13(14(17)19-21)11-4-6-18-7-5-11/h4-9,12H,10-11,13H2,1-3H3;4-7H,8-10H2,1-3H3. The second kappa shape index (κ2) is 15.4. The highest BCUT2D eigenvalue weighted by molar-refractivity contribution is 9.10. The van der Waals surface area contributed by atoms with E-state index in [0.29, 0.717) is 44.0 Å². The normalized spacial score (nSPS) is 14.4. The molecule has 0 fully saturated rings. The molecule has 0 saturated heterocycles. The summed E-state index contributed by atoms with van der Waals surface area (Å²) in [4.78, 5) is 40.0. The maximum atomic E-state index is 12.9. The molecule has 290 valence electrons. The van der Waals surface area contributed by atoms with Gasteiger partial charge in [0.2, 0.25) is 0 Å². The highest BCUT2D eigenvalue weighted by Gasteiger charge is 2.34. The Morgan fingerprint density at radius 2 is 1.13 bits per heavy atom. The Bertz CT molecular complexity index is 2140. The van der Waals surface area contributed by atoms with E-state index < -0.39 is 29.2 Å². The Balaban J connectivity index is 0.000000197. The lowest BCUT2D eigenvalue weighted by Crippen LogP contribution is -2.41. The lowest BCUT2D eigenvalue weighted by Gasteiger charge is -2.30. The zero-order valence-corrected chi connectivity index (χ0v) is 32.8. The van der Waals surface area contributed by atoms with Gasteiger partial charge in [-0.25, -0.2) is 9.59 Å². The smallest absolute Gasteiger partial charge is 0.433 e. The van der Waals surface area contributed by atoms with Gasteiger partial charge in [0, 0.05) is 60.8 Å². The number of rotatable bonds is 3. The molecule has 5 aromatic heterocycles. The molecule has 17 heteroatoms. The van der Waals surface area contributed by atoms with Crippen LogP contribution in [0.15, 0.2) is 72.0 Å². The molecule has 55 heavy (non-hydrogen) atoms. The number of aromatic nitrogens is 7. The van der Waals surface area contributed by atoms with Gasteiger partial charge in [0.1, 0.15) is 27.2 Å². The number of amides is 2. The van der Waals surface area contributed by atoms with Crippen LogP contribution in [0.1, 0.15) is 58.6 Å². The third kappa shape index (κ3) is 9.32. The molecule has 7 heterocycles. The monoisotopic (exact) mass is 823 g/mol. The first-order chi connectivity index (χ1) is 25.9. The summed E-state index contributed by atoms with van der Waals surface area (Å²) < 4.78 is 54.3. The van der Waals surface area contributed by atoms with E-state index in [1.54, 1.807) is 72.2 Å². The highest BCUT2D eigenvalue weighted by Crippen LogP contribution is 2.38. The zero-order chi connectivity index (χ0) is 39.7. The van der Waals surface area contributed by atoms with Crippen molar-refractivity contribution in [2.45, 2.75) is 85.1 Å². The van der Waals surface area contributed by atoms with Crippen molar-refractivity contribution >= 4 is 28.1 Å². The molecule has 2 aliphatic rings. The average Bonchev–Trinajstić information content (AvgIpc) is 3.67. The van der Waals surface area contributed by atoms with Gasteiger partial charge in [0.15, 0.2) is 0 Å². The number of carbonyl (C=O) groups excluding carboxylic acids is 2. The van der Waals surface area contributed by atoms with Gasteiger partial charge < -0.3 is 19.3 Å². The van der Waals surface area contributed by atoms with E-state index in [2.05, 4.69) is 41.1 Å². The molecule has 7 rings (SSSR count). The number of fused-ring (bicyclic) bond motifs is 2. The van der Waals surface area contributed by atoms with Gasteiger partial charge in [-0.3, -0.25) is 24.3 Å². The number of hydrogen-bond donors (Lipinski definition) is 0.